The van der Waals surface area contributed by atoms with Crippen molar-refractivity contribution in [3.05, 3.63) is 0 Å². The molecule has 1 N–H and O–H groups in total. The number of aliphatic hydroxyl groups is 1. The Hall–Kier alpha value is -0.420. The van der Waals surface area contributed by atoms with Gasteiger partial charge in [-0.15, -0.1) is 0 Å². The molecule has 1 heterocycles. The number of carbonyl (C=O) groups excluding carboxylic acids is 1. The maximum absolute atomic E-state index is 12.9. The van der Waals surface area contributed by atoms with E-state index in [9.17, 15) is 18.7 Å². The number of hydrogen-bond donors (Lipinski definition) is 1. The fourth-order valence-electron chi connectivity index (χ4n) is 2.02. The van der Waals surface area contributed by atoms with E-state index in [1.54, 1.807) is 20.8 Å². The number of likely N-dealkylation sites (tertiary alicyclic amines) is 1. The van der Waals surface area contributed by atoms with Crippen LogP contribution in [0.3, 0.4) is 0 Å². The van der Waals surface area contributed by atoms with E-state index in [0.717, 1.165) is 0 Å². The van der Waals surface area contributed by atoms with Crippen molar-refractivity contribution >= 4 is 17.5 Å². The first kappa shape index (κ1) is 14.6. The molecule has 1 fully saturated rings. The van der Waals surface area contributed by atoms with Gasteiger partial charge in [0.2, 0.25) is 5.91 Å². The Morgan fingerprint density at radius 3 is 2.41 bits per heavy atom. The van der Waals surface area contributed by atoms with Gasteiger partial charge in [-0.25, -0.2) is 0 Å². The van der Waals surface area contributed by atoms with Crippen molar-refractivity contribution in [2.24, 2.45) is 5.41 Å². The van der Waals surface area contributed by atoms with Crippen LogP contribution in [0.1, 0.15) is 33.6 Å². The zero-order valence-corrected chi connectivity index (χ0v) is 11.0. The molecule has 3 nitrogen and oxygen atoms in total. The van der Waals surface area contributed by atoms with Crippen molar-refractivity contribution < 1.29 is 18.7 Å². The van der Waals surface area contributed by atoms with E-state index in [4.69, 9.17) is 11.6 Å². The molecule has 1 amide bonds. The average molecular weight is 270 g/mol. The van der Waals surface area contributed by atoms with Gasteiger partial charge in [0.05, 0.1) is 6.04 Å². The van der Waals surface area contributed by atoms with Crippen LogP contribution in [0.25, 0.3) is 0 Å². The first-order valence-electron chi connectivity index (χ1n) is 5.61. The number of nitrogens with zero attached hydrogens (tertiary/aromatic N) is 1. The van der Waals surface area contributed by atoms with Crippen molar-refractivity contribution in [3.63, 3.8) is 0 Å². The Morgan fingerprint density at radius 2 is 2.00 bits per heavy atom. The molecular formula is C11H18ClF2NO2. The Bertz CT molecular complexity index is 299. The first-order chi connectivity index (χ1) is 7.55. The summed E-state index contributed by atoms with van der Waals surface area (Å²) in [4.78, 5) is 13.4. The highest BCUT2D eigenvalue weighted by Crippen LogP contribution is 2.34. The predicted molar refractivity (Wildman–Crippen MR) is 61.0 cm³/mol. The number of aliphatic hydroxyl groups excluding tert-OH is 1. The second kappa shape index (κ2) is 4.69. The summed E-state index contributed by atoms with van der Waals surface area (Å²) in [6, 6.07) is -0.894. The van der Waals surface area contributed by atoms with E-state index < -0.39 is 22.9 Å². The molecule has 0 aliphatic carbocycles. The molecule has 17 heavy (non-hydrogen) atoms. The Morgan fingerprint density at radius 1 is 1.47 bits per heavy atom. The van der Waals surface area contributed by atoms with Crippen molar-refractivity contribution in [3.8, 4) is 0 Å². The molecule has 0 radical (unpaired) electrons. The zero-order chi connectivity index (χ0) is 13.4. The Kier molecular flexibility index (Phi) is 4.04. The number of halogens is 3. The summed E-state index contributed by atoms with van der Waals surface area (Å²) in [6.45, 7) is 5.55. The van der Waals surface area contributed by atoms with Crippen LogP contribution < -0.4 is 0 Å². The van der Waals surface area contributed by atoms with E-state index in [2.05, 4.69) is 0 Å². The summed E-state index contributed by atoms with van der Waals surface area (Å²) in [5.41, 5.74) is -0.649. The fraction of sp³-hybridized carbons (Fsp3) is 0.909. The van der Waals surface area contributed by atoms with Crippen LogP contribution in [0.5, 0.6) is 0 Å². The lowest BCUT2D eigenvalue weighted by Gasteiger charge is -2.34. The van der Waals surface area contributed by atoms with Gasteiger partial charge >= 0.3 is 5.38 Å². The SMILES string of the molecule is CC(C)(C)C(=O)N1CCCC1C(O)C(F)(F)Cl. The standard InChI is InChI=1S/C11H18ClF2NO2/c1-10(2,3)9(17)15-6-4-5-7(15)8(16)11(12,13)14/h7-8,16H,4-6H2,1-3H3. The van der Waals surface area contributed by atoms with E-state index >= 15 is 0 Å². The molecular weight excluding hydrogens is 252 g/mol. The molecule has 2 atom stereocenters. The van der Waals surface area contributed by atoms with Crippen LogP contribution >= 0.6 is 11.6 Å². The average Bonchev–Trinajstić information content (AvgIpc) is 2.60. The van der Waals surface area contributed by atoms with E-state index in [0.29, 0.717) is 19.4 Å². The molecule has 2 unspecified atom stereocenters. The predicted octanol–water partition coefficient (Wildman–Crippen LogP) is 2.22. The minimum atomic E-state index is -3.70. The Labute approximate surface area is 105 Å². The molecule has 0 saturated carbocycles. The third-order valence-corrected chi connectivity index (χ3v) is 3.13. The molecule has 1 aliphatic rings. The lowest BCUT2D eigenvalue weighted by atomic mass is 9.94. The molecule has 0 aromatic heterocycles. The van der Waals surface area contributed by atoms with Crippen LogP contribution in [0.4, 0.5) is 8.78 Å². The van der Waals surface area contributed by atoms with E-state index in [-0.39, 0.29) is 5.91 Å². The third-order valence-electron chi connectivity index (χ3n) is 2.90. The second-order valence-electron chi connectivity index (χ2n) is 5.44. The third kappa shape index (κ3) is 3.28. The highest BCUT2D eigenvalue weighted by molar-refractivity contribution is 6.22. The van der Waals surface area contributed by atoms with Crippen molar-refractivity contribution in [1.29, 1.82) is 0 Å². The summed E-state index contributed by atoms with van der Waals surface area (Å²) in [5, 5.41) is 5.79. The summed E-state index contributed by atoms with van der Waals surface area (Å²) in [6.07, 6.45) is -1.06. The van der Waals surface area contributed by atoms with Gasteiger partial charge in [0.25, 0.3) is 0 Å². The van der Waals surface area contributed by atoms with Gasteiger partial charge in [-0.05, 0) is 24.4 Å². The van der Waals surface area contributed by atoms with Gasteiger partial charge in [0, 0.05) is 12.0 Å². The zero-order valence-electron chi connectivity index (χ0n) is 10.2. The highest BCUT2D eigenvalue weighted by Gasteiger charge is 2.47. The number of carbonyl (C=O) groups is 1. The molecule has 0 spiro atoms. The maximum Gasteiger partial charge on any atom is 0.349 e. The molecule has 0 aromatic rings. The van der Waals surface area contributed by atoms with Crippen molar-refractivity contribution in [2.45, 2.75) is 51.1 Å². The summed E-state index contributed by atoms with van der Waals surface area (Å²) >= 11 is 4.83. The quantitative estimate of drug-likeness (QED) is 0.781. The molecule has 0 bridgehead atoms. The van der Waals surface area contributed by atoms with Gasteiger partial charge in [-0.1, -0.05) is 20.8 Å². The second-order valence-corrected chi connectivity index (χ2v) is 5.95. The van der Waals surface area contributed by atoms with Gasteiger partial charge in [-0.3, -0.25) is 4.79 Å². The monoisotopic (exact) mass is 269 g/mol. The van der Waals surface area contributed by atoms with E-state index in [1.165, 1.54) is 4.90 Å². The molecule has 6 heteroatoms. The van der Waals surface area contributed by atoms with Gasteiger partial charge in [0.1, 0.15) is 0 Å². The van der Waals surface area contributed by atoms with Gasteiger partial charge in [0.15, 0.2) is 6.10 Å². The maximum atomic E-state index is 12.9. The number of rotatable bonds is 2. The van der Waals surface area contributed by atoms with E-state index in [1.807, 2.05) is 0 Å². The molecule has 1 rings (SSSR count). The number of alkyl halides is 3. The van der Waals surface area contributed by atoms with Crippen LogP contribution in [0.2, 0.25) is 0 Å². The van der Waals surface area contributed by atoms with Gasteiger partial charge in [-0.2, -0.15) is 8.78 Å². The van der Waals surface area contributed by atoms with Crippen LogP contribution in [-0.2, 0) is 4.79 Å². The lowest BCUT2D eigenvalue weighted by Crippen LogP contribution is -2.51. The van der Waals surface area contributed by atoms with Crippen LogP contribution in [0, 0.1) is 5.41 Å². The largest absolute Gasteiger partial charge is 0.383 e. The van der Waals surface area contributed by atoms with Crippen molar-refractivity contribution in [1.82, 2.24) is 4.90 Å². The van der Waals surface area contributed by atoms with Crippen LogP contribution in [0.15, 0.2) is 0 Å². The normalized spacial score (nSPS) is 23.9. The molecule has 1 aliphatic heterocycles. The number of amides is 1. The Balaban J connectivity index is 2.84. The summed E-state index contributed by atoms with van der Waals surface area (Å²) in [5.74, 6) is -0.236. The lowest BCUT2D eigenvalue weighted by molar-refractivity contribution is -0.146. The first-order valence-corrected chi connectivity index (χ1v) is 5.99. The molecule has 1 saturated heterocycles. The summed E-state index contributed by atoms with van der Waals surface area (Å²) < 4.78 is 25.8. The van der Waals surface area contributed by atoms with Crippen LogP contribution in [-0.4, -0.2) is 40.0 Å². The number of hydrogen-bond acceptors (Lipinski definition) is 2. The molecule has 0 aromatic carbocycles. The molecule has 100 valence electrons. The highest BCUT2D eigenvalue weighted by atomic mass is 35.5. The topological polar surface area (TPSA) is 40.5 Å². The minimum Gasteiger partial charge on any atom is -0.383 e. The van der Waals surface area contributed by atoms with Crippen molar-refractivity contribution in [2.75, 3.05) is 6.54 Å². The summed E-state index contributed by atoms with van der Waals surface area (Å²) in [7, 11) is 0. The fourth-order valence-corrected chi connectivity index (χ4v) is 2.17. The minimum absolute atomic E-state index is 0.236. The smallest absolute Gasteiger partial charge is 0.349 e. The van der Waals surface area contributed by atoms with Gasteiger partial charge < -0.3 is 10.0 Å².